The van der Waals surface area contributed by atoms with Crippen molar-refractivity contribution in [2.24, 2.45) is 5.84 Å². The summed E-state index contributed by atoms with van der Waals surface area (Å²) >= 11 is 1.71. The van der Waals surface area contributed by atoms with E-state index in [0.717, 1.165) is 5.75 Å². The number of nitrogens with two attached hydrogens (primary N) is 1. The standard InChI is InChI=1S/C10H16N4O2S/c1-7(6-17-2)12-8-3-9(13-11)5-10(4-8)14(15)16/h3-5,7,12-13H,6,11H2,1-2H3. The van der Waals surface area contributed by atoms with Crippen LogP contribution in [0.3, 0.4) is 0 Å². The molecule has 94 valence electrons. The van der Waals surface area contributed by atoms with Crippen molar-refractivity contribution >= 4 is 28.8 Å². The van der Waals surface area contributed by atoms with E-state index in [2.05, 4.69) is 10.7 Å². The summed E-state index contributed by atoms with van der Waals surface area (Å²) in [5.74, 6) is 6.20. The highest BCUT2D eigenvalue weighted by atomic mass is 32.2. The number of hydrogen-bond acceptors (Lipinski definition) is 6. The molecule has 0 aromatic heterocycles. The first kappa shape index (κ1) is 13.6. The lowest BCUT2D eigenvalue weighted by Gasteiger charge is -2.14. The highest BCUT2D eigenvalue weighted by molar-refractivity contribution is 7.98. The second-order valence-electron chi connectivity index (χ2n) is 3.67. The van der Waals surface area contributed by atoms with Gasteiger partial charge < -0.3 is 10.7 Å². The fourth-order valence-electron chi connectivity index (χ4n) is 1.46. The third kappa shape index (κ3) is 4.12. The van der Waals surface area contributed by atoms with E-state index in [1.54, 1.807) is 17.8 Å². The van der Waals surface area contributed by atoms with Crippen LogP contribution in [0.1, 0.15) is 6.92 Å². The highest BCUT2D eigenvalue weighted by Crippen LogP contribution is 2.24. The molecule has 4 N–H and O–H groups in total. The number of nitrogens with zero attached hydrogens (tertiary/aromatic N) is 1. The zero-order chi connectivity index (χ0) is 12.8. The van der Waals surface area contributed by atoms with Gasteiger partial charge in [-0.15, -0.1) is 0 Å². The molecule has 1 unspecified atom stereocenters. The lowest BCUT2D eigenvalue weighted by atomic mass is 10.2. The number of nitro groups is 1. The molecule has 1 aromatic rings. The SMILES string of the molecule is CSCC(C)Nc1cc(NN)cc([N+](=O)[O-])c1. The first-order valence-corrected chi connectivity index (χ1v) is 6.47. The van der Waals surface area contributed by atoms with E-state index in [9.17, 15) is 10.1 Å². The summed E-state index contributed by atoms with van der Waals surface area (Å²) in [6.07, 6.45) is 2.01. The second-order valence-corrected chi connectivity index (χ2v) is 4.58. The Morgan fingerprint density at radius 2 is 2.12 bits per heavy atom. The van der Waals surface area contributed by atoms with Gasteiger partial charge in [-0.25, -0.2) is 0 Å². The summed E-state index contributed by atoms with van der Waals surface area (Å²) in [6.45, 7) is 2.02. The molecule has 1 aromatic carbocycles. The van der Waals surface area contributed by atoms with Crippen LogP contribution in [0.4, 0.5) is 17.1 Å². The van der Waals surface area contributed by atoms with E-state index < -0.39 is 4.92 Å². The smallest absolute Gasteiger partial charge is 0.273 e. The van der Waals surface area contributed by atoms with Crippen molar-refractivity contribution in [3.05, 3.63) is 28.3 Å². The van der Waals surface area contributed by atoms with Crippen molar-refractivity contribution in [3.8, 4) is 0 Å². The predicted molar refractivity (Wildman–Crippen MR) is 72.4 cm³/mol. The van der Waals surface area contributed by atoms with Crippen LogP contribution in [-0.4, -0.2) is 23.0 Å². The van der Waals surface area contributed by atoms with Crippen LogP contribution < -0.4 is 16.6 Å². The monoisotopic (exact) mass is 256 g/mol. The van der Waals surface area contributed by atoms with Crippen molar-refractivity contribution in [3.63, 3.8) is 0 Å². The molecular weight excluding hydrogens is 240 g/mol. The van der Waals surface area contributed by atoms with Gasteiger partial charge in [0.2, 0.25) is 0 Å². The maximum atomic E-state index is 10.7. The van der Waals surface area contributed by atoms with Crippen LogP contribution in [0.15, 0.2) is 18.2 Å². The molecule has 0 bridgehead atoms. The van der Waals surface area contributed by atoms with E-state index in [-0.39, 0.29) is 11.7 Å². The molecule has 7 heteroatoms. The third-order valence-corrected chi connectivity index (χ3v) is 2.96. The number of thioether (sulfide) groups is 1. The molecule has 6 nitrogen and oxygen atoms in total. The minimum absolute atomic E-state index is 0.0132. The fourth-order valence-corrected chi connectivity index (χ4v) is 2.04. The molecule has 0 fully saturated rings. The molecule has 0 saturated carbocycles. The number of nitrogen functional groups attached to an aromatic ring is 1. The largest absolute Gasteiger partial charge is 0.381 e. The zero-order valence-corrected chi connectivity index (χ0v) is 10.6. The quantitative estimate of drug-likeness (QED) is 0.410. The van der Waals surface area contributed by atoms with Crippen LogP contribution in [0.25, 0.3) is 0 Å². The Labute approximate surface area is 104 Å². The molecule has 0 aliphatic carbocycles. The molecule has 0 spiro atoms. The molecule has 0 aliphatic rings. The van der Waals surface area contributed by atoms with E-state index in [1.165, 1.54) is 12.1 Å². The van der Waals surface area contributed by atoms with Crippen LogP contribution in [0.5, 0.6) is 0 Å². The number of nitro benzene ring substituents is 1. The maximum absolute atomic E-state index is 10.7. The van der Waals surface area contributed by atoms with E-state index >= 15 is 0 Å². The number of rotatable bonds is 6. The Hall–Kier alpha value is -1.47. The van der Waals surface area contributed by atoms with Crippen molar-refractivity contribution < 1.29 is 4.92 Å². The molecule has 0 amide bonds. The normalized spacial score (nSPS) is 11.9. The Morgan fingerprint density at radius 3 is 2.65 bits per heavy atom. The summed E-state index contributed by atoms with van der Waals surface area (Å²) in [7, 11) is 0. The Morgan fingerprint density at radius 1 is 1.47 bits per heavy atom. The first-order chi connectivity index (χ1) is 8.06. The Balaban J connectivity index is 2.90. The fraction of sp³-hybridized carbons (Fsp3) is 0.400. The second kappa shape index (κ2) is 6.31. The number of benzene rings is 1. The van der Waals surface area contributed by atoms with E-state index in [4.69, 9.17) is 5.84 Å². The van der Waals surface area contributed by atoms with Crippen LogP contribution in [-0.2, 0) is 0 Å². The summed E-state index contributed by atoms with van der Waals surface area (Å²) in [5.41, 5.74) is 3.63. The van der Waals surface area contributed by atoms with Gasteiger partial charge in [0.1, 0.15) is 0 Å². The average molecular weight is 256 g/mol. The van der Waals surface area contributed by atoms with Crippen LogP contribution >= 0.6 is 11.8 Å². The first-order valence-electron chi connectivity index (χ1n) is 5.08. The van der Waals surface area contributed by atoms with Crippen molar-refractivity contribution in [1.82, 2.24) is 0 Å². The lowest BCUT2D eigenvalue weighted by molar-refractivity contribution is -0.384. The molecule has 0 aliphatic heterocycles. The molecule has 1 atom stereocenters. The van der Waals surface area contributed by atoms with Gasteiger partial charge in [-0.1, -0.05) is 0 Å². The summed E-state index contributed by atoms with van der Waals surface area (Å²) in [4.78, 5) is 10.3. The molecular formula is C10H16N4O2S. The van der Waals surface area contributed by atoms with Gasteiger partial charge in [0.05, 0.1) is 10.6 Å². The van der Waals surface area contributed by atoms with Gasteiger partial charge in [-0.05, 0) is 19.2 Å². The van der Waals surface area contributed by atoms with Crippen molar-refractivity contribution in [1.29, 1.82) is 0 Å². The number of anilines is 2. The van der Waals surface area contributed by atoms with Crippen molar-refractivity contribution in [2.75, 3.05) is 22.8 Å². The van der Waals surface area contributed by atoms with Gasteiger partial charge >= 0.3 is 0 Å². The average Bonchev–Trinajstić information content (AvgIpc) is 2.28. The van der Waals surface area contributed by atoms with Gasteiger partial charge in [-0.2, -0.15) is 11.8 Å². The Bertz CT molecular complexity index is 400. The van der Waals surface area contributed by atoms with Crippen molar-refractivity contribution in [2.45, 2.75) is 13.0 Å². The minimum Gasteiger partial charge on any atom is -0.381 e. The molecule has 0 heterocycles. The van der Waals surface area contributed by atoms with Gasteiger partial charge in [0, 0.05) is 29.6 Å². The van der Waals surface area contributed by atoms with Crippen LogP contribution in [0.2, 0.25) is 0 Å². The van der Waals surface area contributed by atoms with Gasteiger partial charge in [-0.3, -0.25) is 16.0 Å². The van der Waals surface area contributed by atoms with Crippen LogP contribution in [0, 0.1) is 10.1 Å². The Kier molecular flexibility index (Phi) is 5.05. The minimum atomic E-state index is -0.439. The van der Waals surface area contributed by atoms with E-state index in [0.29, 0.717) is 11.4 Å². The molecule has 0 saturated heterocycles. The van der Waals surface area contributed by atoms with E-state index in [1.807, 2.05) is 13.2 Å². The number of hydrogen-bond donors (Lipinski definition) is 3. The summed E-state index contributed by atoms with van der Waals surface area (Å²) in [6, 6.07) is 4.86. The number of nitrogens with one attached hydrogen (secondary N) is 2. The number of hydrazine groups is 1. The molecule has 0 radical (unpaired) electrons. The van der Waals surface area contributed by atoms with Gasteiger partial charge in [0.25, 0.3) is 5.69 Å². The molecule has 17 heavy (non-hydrogen) atoms. The molecule has 1 rings (SSSR count). The zero-order valence-electron chi connectivity index (χ0n) is 9.77. The summed E-state index contributed by atoms with van der Waals surface area (Å²) in [5, 5.41) is 13.9. The third-order valence-electron chi connectivity index (χ3n) is 2.12. The highest BCUT2D eigenvalue weighted by Gasteiger charge is 2.10. The number of non-ortho nitro benzene ring substituents is 1. The summed E-state index contributed by atoms with van der Waals surface area (Å²) < 4.78 is 0. The predicted octanol–water partition coefficient (Wildman–Crippen LogP) is 2.04. The van der Waals surface area contributed by atoms with Gasteiger partial charge in [0.15, 0.2) is 0 Å². The topological polar surface area (TPSA) is 93.2 Å². The maximum Gasteiger partial charge on any atom is 0.273 e. The lowest BCUT2D eigenvalue weighted by Crippen LogP contribution is -2.18.